The lowest BCUT2D eigenvalue weighted by Crippen LogP contribution is -2.31. The lowest BCUT2D eigenvalue weighted by atomic mass is 10.1. The predicted molar refractivity (Wildman–Crippen MR) is 88.1 cm³/mol. The van der Waals surface area contributed by atoms with Gasteiger partial charge in [-0.2, -0.15) is 5.10 Å². The van der Waals surface area contributed by atoms with Crippen molar-refractivity contribution in [2.75, 3.05) is 19.5 Å². The maximum Gasteiger partial charge on any atom is 0.319 e. The molecular formula is C16H22N4O3. The molecule has 1 atom stereocenters. The Labute approximate surface area is 135 Å². The van der Waals surface area contributed by atoms with Crippen molar-refractivity contribution in [2.24, 2.45) is 7.05 Å². The summed E-state index contributed by atoms with van der Waals surface area (Å²) < 4.78 is 12.1. The summed E-state index contributed by atoms with van der Waals surface area (Å²) in [6.45, 7) is 3.83. The molecule has 0 saturated carbocycles. The highest BCUT2D eigenvalue weighted by Gasteiger charge is 2.15. The van der Waals surface area contributed by atoms with Crippen LogP contribution in [-0.2, 0) is 7.05 Å². The Kier molecular flexibility index (Phi) is 5.10. The molecular weight excluding hydrogens is 296 g/mol. The van der Waals surface area contributed by atoms with E-state index in [1.54, 1.807) is 37.1 Å². The van der Waals surface area contributed by atoms with E-state index in [1.807, 2.05) is 27.1 Å². The molecule has 0 bridgehead atoms. The monoisotopic (exact) mass is 318 g/mol. The van der Waals surface area contributed by atoms with E-state index in [2.05, 4.69) is 15.7 Å². The van der Waals surface area contributed by atoms with Gasteiger partial charge in [0.1, 0.15) is 11.5 Å². The maximum absolute atomic E-state index is 12.2. The first-order valence-corrected chi connectivity index (χ1v) is 7.24. The number of rotatable bonds is 5. The Hall–Kier alpha value is -2.70. The zero-order valence-electron chi connectivity index (χ0n) is 14.0. The summed E-state index contributed by atoms with van der Waals surface area (Å²) >= 11 is 0. The van der Waals surface area contributed by atoms with E-state index in [0.29, 0.717) is 17.2 Å². The van der Waals surface area contributed by atoms with Gasteiger partial charge in [0.2, 0.25) is 0 Å². The van der Waals surface area contributed by atoms with Gasteiger partial charge in [0.05, 0.1) is 31.6 Å². The van der Waals surface area contributed by atoms with Crippen LogP contribution in [0.1, 0.15) is 24.2 Å². The van der Waals surface area contributed by atoms with Gasteiger partial charge < -0.3 is 20.1 Å². The SMILES string of the molecule is COc1ccc(NC(=O)N[C@@H](C)c2cn(C)nc2C)c(OC)c1. The molecule has 0 fully saturated rings. The number of nitrogens with one attached hydrogen (secondary N) is 2. The number of nitrogens with zero attached hydrogens (tertiary/aromatic N) is 2. The first kappa shape index (κ1) is 16.7. The molecule has 0 saturated heterocycles. The summed E-state index contributed by atoms with van der Waals surface area (Å²) in [6, 6.07) is 4.73. The number of hydrogen-bond acceptors (Lipinski definition) is 4. The summed E-state index contributed by atoms with van der Waals surface area (Å²) in [7, 11) is 4.97. The number of aromatic nitrogens is 2. The van der Waals surface area contributed by atoms with Crippen LogP contribution in [0.3, 0.4) is 0 Å². The van der Waals surface area contributed by atoms with E-state index in [9.17, 15) is 4.79 Å². The zero-order valence-corrected chi connectivity index (χ0v) is 14.0. The average molecular weight is 318 g/mol. The van der Waals surface area contributed by atoms with Crippen LogP contribution in [0.25, 0.3) is 0 Å². The molecule has 2 N–H and O–H groups in total. The lowest BCUT2D eigenvalue weighted by molar-refractivity contribution is 0.249. The van der Waals surface area contributed by atoms with Crippen LogP contribution in [-0.4, -0.2) is 30.0 Å². The van der Waals surface area contributed by atoms with Gasteiger partial charge in [-0.15, -0.1) is 0 Å². The fourth-order valence-corrected chi connectivity index (χ4v) is 2.38. The second-order valence-electron chi connectivity index (χ2n) is 5.23. The lowest BCUT2D eigenvalue weighted by Gasteiger charge is -2.16. The minimum Gasteiger partial charge on any atom is -0.497 e. The molecule has 1 heterocycles. The van der Waals surface area contributed by atoms with Crippen molar-refractivity contribution in [3.63, 3.8) is 0 Å². The highest BCUT2D eigenvalue weighted by Crippen LogP contribution is 2.29. The number of urea groups is 1. The molecule has 7 heteroatoms. The quantitative estimate of drug-likeness (QED) is 0.888. The van der Waals surface area contributed by atoms with Gasteiger partial charge in [0.15, 0.2) is 0 Å². The number of benzene rings is 1. The van der Waals surface area contributed by atoms with Gasteiger partial charge >= 0.3 is 6.03 Å². The molecule has 124 valence electrons. The number of aryl methyl sites for hydroxylation is 2. The van der Waals surface area contributed by atoms with E-state index in [4.69, 9.17) is 9.47 Å². The highest BCUT2D eigenvalue weighted by molar-refractivity contribution is 5.91. The molecule has 0 radical (unpaired) electrons. The number of carbonyl (C=O) groups is 1. The number of amides is 2. The van der Waals surface area contributed by atoms with E-state index < -0.39 is 0 Å². The smallest absolute Gasteiger partial charge is 0.319 e. The van der Waals surface area contributed by atoms with Crippen molar-refractivity contribution in [1.82, 2.24) is 15.1 Å². The fraction of sp³-hybridized carbons (Fsp3) is 0.375. The van der Waals surface area contributed by atoms with Gasteiger partial charge in [-0.3, -0.25) is 4.68 Å². The molecule has 23 heavy (non-hydrogen) atoms. The van der Waals surface area contributed by atoms with Crippen LogP contribution in [0.2, 0.25) is 0 Å². The van der Waals surface area contributed by atoms with Crippen molar-refractivity contribution in [3.05, 3.63) is 35.7 Å². The summed E-state index contributed by atoms with van der Waals surface area (Å²) in [6.07, 6.45) is 1.90. The fourth-order valence-electron chi connectivity index (χ4n) is 2.38. The van der Waals surface area contributed by atoms with Crippen LogP contribution in [0, 0.1) is 6.92 Å². The Bertz CT molecular complexity index is 697. The Balaban J connectivity index is 2.06. The average Bonchev–Trinajstić information content (AvgIpc) is 2.86. The second kappa shape index (κ2) is 7.04. The van der Waals surface area contributed by atoms with Gasteiger partial charge in [-0.1, -0.05) is 0 Å². The zero-order chi connectivity index (χ0) is 17.0. The first-order valence-electron chi connectivity index (χ1n) is 7.24. The Morgan fingerprint density at radius 1 is 1.30 bits per heavy atom. The number of hydrogen-bond donors (Lipinski definition) is 2. The molecule has 7 nitrogen and oxygen atoms in total. The minimum absolute atomic E-state index is 0.159. The van der Waals surface area contributed by atoms with Crippen molar-refractivity contribution in [1.29, 1.82) is 0 Å². The van der Waals surface area contributed by atoms with Crippen LogP contribution in [0.15, 0.2) is 24.4 Å². The molecule has 2 rings (SSSR count). The van der Waals surface area contributed by atoms with E-state index in [1.165, 1.54) is 0 Å². The normalized spacial score (nSPS) is 11.7. The molecule has 0 aliphatic rings. The first-order chi connectivity index (χ1) is 10.9. The minimum atomic E-state index is -0.316. The molecule has 0 spiro atoms. The highest BCUT2D eigenvalue weighted by atomic mass is 16.5. The van der Waals surface area contributed by atoms with Crippen molar-refractivity contribution >= 4 is 11.7 Å². The molecule has 0 aliphatic carbocycles. The van der Waals surface area contributed by atoms with Gasteiger partial charge in [0.25, 0.3) is 0 Å². The van der Waals surface area contributed by atoms with Crippen LogP contribution >= 0.6 is 0 Å². The van der Waals surface area contributed by atoms with Gasteiger partial charge in [-0.25, -0.2) is 4.79 Å². The third-order valence-corrected chi connectivity index (χ3v) is 3.52. The summed E-state index contributed by atoms with van der Waals surface area (Å²) in [5.74, 6) is 1.19. The number of methoxy groups -OCH3 is 2. The Morgan fingerprint density at radius 2 is 2.04 bits per heavy atom. The van der Waals surface area contributed by atoms with Crippen molar-refractivity contribution < 1.29 is 14.3 Å². The second-order valence-corrected chi connectivity index (χ2v) is 5.23. The molecule has 0 unspecified atom stereocenters. The third kappa shape index (κ3) is 3.94. The number of anilines is 1. The summed E-state index contributed by atoms with van der Waals surface area (Å²) in [5.41, 5.74) is 2.44. The van der Waals surface area contributed by atoms with E-state index >= 15 is 0 Å². The largest absolute Gasteiger partial charge is 0.497 e. The van der Waals surface area contributed by atoms with Crippen LogP contribution in [0.4, 0.5) is 10.5 Å². The summed E-state index contributed by atoms with van der Waals surface area (Å²) in [4.78, 5) is 12.2. The number of carbonyl (C=O) groups excluding carboxylic acids is 1. The van der Waals surface area contributed by atoms with Gasteiger partial charge in [-0.05, 0) is 26.0 Å². The predicted octanol–water partition coefficient (Wildman–Crippen LogP) is 2.63. The van der Waals surface area contributed by atoms with Crippen molar-refractivity contribution in [2.45, 2.75) is 19.9 Å². The molecule has 1 aromatic carbocycles. The third-order valence-electron chi connectivity index (χ3n) is 3.52. The topological polar surface area (TPSA) is 77.4 Å². The van der Waals surface area contributed by atoms with Gasteiger partial charge in [0, 0.05) is 24.9 Å². The molecule has 1 aromatic heterocycles. The molecule has 2 amide bonds. The maximum atomic E-state index is 12.2. The summed E-state index contributed by atoms with van der Waals surface area (Å²) in [5, 5.41) is 9.95. The van der Waals surface area contributed by atoms with E-state index in [0.717, 1.165) is 11.3 Å². The Morgan fingerprint density at radius 3 is 2.61 bits per heavy atom. The molecule has 0 aliphatic heterocycles. The molecule has 2 aromatic rings. The van der Waals surface area contributed by atoms with Crippen molar-refractivity contribution in [3.8, 4) is 11.5 Å². The number of ether oxygens (including phenoxy) is 2. The van der Waals surface area contributed by atoms with Crippen LogP contribution in [0.5, 0.6) is 11.5 Å². The van der Waals surface area contributed by atoms with E-state index in [-0.39, 0.29) is 12.1 Å². The van der Waals surface area contributed by atoms with Crippen LogP contribution < -0.4 is 20.1 Å². The standard InChI is InChI=1S/C16H22N4O3/c1-10(13-9-20(3)19-11(13)2)17-16(21)18-14-7-6-12(22-4)8-15(14)23-5/h6-10H,1-5H3,(H2,17,18,21)/t10-/m0/s1.